The number of anilines is 1. The van der Waals surface area contributed by atoms with Crippen LogP contribution in [0.3, 0.4) is 0 Å². The zero-order valence-electron chi connectivity index (χ0n) is 14.2. The lowest BCUT2D eigenvalue weighted by Gasteiger charge is -2.33. The summed E-state index contributed by atoms with van der Waals surface area (Å²) in [4.78, 5) is 2.66. The maximum atomic E-state index is 3.72. The second kappa shape index (κ2) is 7.84. The smallest absolute Gasteiger partial charge is 0.0417 e. The van der Waals surface area contributed by atoms with Crippen LogP contribution in [0.25, 0.3) is 0 Å². The van der Waals surface area contributed by atoms with E-state index < -0.39 is 0 Å². The van der Waals surface area contributed by atoms with Crippen molar-refractivity contribution in [3.05, 3.63) is 29.8 Å². The molecular formula is C19H32N2. The first-order chi connectivity index (χ1) is 10.2. The minimum absolute atomic E-state index is 0.481. The minimum Gasteiger partial charge on any atom is -0.368 e. The van der Waals surface area contributed by atoms with Gasteiger partial charge >= 0.3 is 0 Å². The van der Waals surface area contributed by atoms with Crippen molar-refractivity contribution >= 4 is 5.69 Å². The van der Waals surface area contributed by atoms with E-state index in [4.69, 9.17) is 0 Å². The van der Waals surface area contributed by atoms with Crippen LogP contribution in [-0.4, -0.2) is 19.1 Å². The molecule has 0 radical (unpaired) electrons. The molecule has 118 valence electrons. The first-order valence-electron chi connectivity index (χ1n) is 8.78. The third-order valence-corrected chi connectivity index (χ3v) is 4.74. The Bertz CT molecular complexity index is 427. The van der Waals surface area contributed by atoms with Crippen molar-refractivity contribution in [1.29, 1.82) is 0 Å². The summed E-state index contributed by atoms with van der Waals surface area (Å²) >= 11 is 0. The van der Waals surface area contributed by atoms with Crippen LogP contribution in [0.15, 0.2) is 24.3 Å². The van der Waals surface area contributed by atoms with E-state index in [1.54, 1.807) is 0 Å². The molecule has 1 aromatic carbocycles. The van der Waals surface area contributed by atoms with Gasteiger partial charge in [-0.3, -0.25) is 0 Å². The van der Waals surface area contributed by atoms with E-state index >= 15 is 0 Å². The van der Waals surface area contributed by atoms with Gasteiger partial charge in [0.1, 0.15) is 0 Å². The van der Waals surface area contributed by atoms with Crippen LogP contribution in [0.1, 0.15) is 65.0 Å². The van der Waals surface area contributed by atoms with Gasteiger partial charge in [-0.05, 0) is 49.8 Å². The van der Waals surface area contributed by atoms with Crippen LogP contribution in [0.5, 0.6) is 0 Å². The molecule has 1 saturated heterocycles. The number of nitrogens with zero attached hydrogens (tertiary/aromatic N) is 1. The number of para-hydroxylation sites is 1. The Morgan fingerprint density at radius 3 is 2.67 bits per heavy atom. The average Bonchev–Trinajstić information content (AvgIpc) is 2.98. The van der Waals surface area contributed by atoms with Crippen LogP contribution < -0.4 is 10.2 Å². The predicted octanol–water partition coefficient (Wildman–Crippen LogP) is 4.76. The Kier molecular flexibility index (Phi) is 6.10. The fourth-order valence-electron chi connectivity index (χ4n) is 3.62. The average molecular weight is 288 g/mol. The largest absolute Gasteiger partial charge is 0.368 e. The van der Waals surface area contributed by atoms with E-state index in [1.807, 2.05) is 0 Å². The van der Waals surface area contributed by atoms with Gasteiger partial charge in [0.05, 0.1) is 0 Å². The van der Waals surface area contributed by atoms with Gasteiger partial charge in [0.2, 0.25) is 0 Å². The number of rotatable bonds is 7. The van der Waals surface area contributed by atoms with Gasteiger partial charge in [0.25, 0.3) is 0 Å². The van der Waals surface area contributed by atoms with E-state index in [0.29, 0.717) is 12.1 Å². The molecule has 21 heavy (non-hydrogen) atoms. The first-order valence-corrected chi connectivity index (χ1v) is 8.78. The van der Waals surface area contributed by atoms with E-state index in [1.165, 1.54) is 37.1 Å². The molecule has 2 unspecified atom stereocenters. The van der Waals surface area contributed by atoms with Crippen LogP contribution >= 0.6 is 0 Å². The highest BCUT2D eigenvalue weighted by atomic mass is 15.2. The van der Waals surface area contributed by atoms with Crippen LogP contribution in [0, 0.1) is 5.92 Å². The molecule has 0 aromatic heterocycles. The SMILES string of the molecule is CCCNC(CC)c1ccccc1N1CCCC1C(C)C. The first kappa shape index (κ1) is 16.4. The monoisotopic (exact) mass is 288 g/mol. The Morgan fingerprint density at radius 1 is 1.24 bits per heavy atom. The molecule has 2 atom stereocenters. The number of hydrogen-bond donors (Lipinski definition) is 1. The number of benzene rings is 1. The van der Waals surface area contributed by atoms with Crippen molar-refractivity contribution in [2.45, 2.75) is 65.5 Å². The normalized spacial score (nSPS) is 20.2. The van der Waals surface area contributed by atoms with Crippen molar-refractivity contribution in [2.75, 3.05) is 18.0 Å². The highest BCUT2D eigenvalue weighted by molar-refractivity contribution is 5.56. The molecule has 0 saturated carbocycles. The fourth-order valence-corrected chi connectivity index (χ4v) is 3.62. The van der Waals surface area contributed by atoms with E-state index in [-0.39, 0.29) is 0 Å². The zero-order valence-corrected chi connectivity index (χ0v) is 14.2. The molecule has 1 aliphatic heterocycles. The van der Waals surface area contributed by atoms with E-state index in [9.17, 15) is 0 Å². The van der Waals surface area contributed by atoms with Crippen molar-refractivity contribution in [3.63, 3.8) is 0 Å². The van der Waals surface area contributed by atoms with Crippen molar-refractivity contribution in [1.82, 2.24) is 5.32 Å². The van der Waals surface area contributed by atoms with E-state index in [2.05, 4.69) is 62.2 Å². The molecule has 0 aliphatic carbocycles. The Morgan fingerprint density at radius 2 is 2.00 bits per heavy atom. The Hall–Kier alpha value is -1.02. The molecule has 1 aliphatic rings. The molecule has 2 nitrogen and oxygen atoms in total. The van der Waals surface area contributed by atoms with E-state index in [0.717, 1.165) is 18.9 Å². The molecule has 2 rings (SSSR count). The molecule has 0 bridgehead atoms. The summed E-state index contributed by atoms with van der Waals surface area (Å²) in [6, 6.07) is 10.2. The quantitative estimate of drug-likeness (QED) is 0.778. The fraction of sp³-hybridized carbons (Fsp3) is 0.684. The third-order valence-electron chi connectivity index (χ3n) is 4.74. The maximum absolute atomic E-state index is 3.72. The lowest BCUT2D eigenvalue weighted by Crippen LogP contribution is -2.35. The van der Waals surface area contributed by atoms with Gasteiger partial charge in [-0.1, -0.05) is 45.9 Å². The van der Waals surface area contributed by atoms with Crippen molar-refractivity contribution in [3.8, 4) is 0 Å². The van der Waals surface area contributed by atoms with Crippen molar-refractivity contribution < 1.29 is 0 Å². The predicted molar refractivity (Wildman–Crippen MR) is 93.0 cm³/mol. The standard InChI is InChI=1S/C19H32N2/c1-5-13-20-17(6-2)16-10-7-8-11-19(16)21-14-9-12-18(21)15(3)4/h7-8,10-11,15,17-18,20H,5-6,9,12-14H2,1-4H3. The summed E-state index contributed by atoms with van der Waals surface area (Å²) in [5.41, 5.74) is 2.95. The molecular weight excluding hydrogens is 256 g/mol. The summed E-state index contributed by atoms with van der Waals surface area (Å²) < 4.78 is 0. The summed E-state index contributed by atoms with van der Waals surface area (Å²) in [5, 5.41) is 3.72. The van der Waals surface area contributed by atoms with Gasteiger partial charge < -0.3 is 10.2 Å². The second-order valence-electron chi connectivity index (χ2n) is 6.62. The molecule has 0 spiro atoms. The van der Waals surface area contributed by atoms with Gasteiger partial charge in [-0.2, -0.15) is 0 Å². The van der Waals surface area contributed by atoms with Gasteiger partial charge in [-0.25, -0.2) is 0 Å². The second-order valence-corrected chi connectivity index (χ2v) is 6.62. The summed E-state index contributed by atoms with van der Waals surface area (Å²) in [6.07, 6.45) is 5.01. The maximum Gasteiger partial charge on any atom is 0.0417 e. The molecule has 1 fully saturated rings. The molecule has 0 amide bonds. The summed E-state index contributed by atoms with van der Waals surface area (Å²) in [5.74, 6) is 0.726. The van der Waals surface area contributed by atoms with Crippen LogP contribution in [-0.2, 0) is 0 Å². The molecule has 2 heteroatoms. The highest BCUT2D eigenvalue weighted by Gasteiger charge is 2.29. The minimum atomic E-state index is 0.481. The van der Waals surface area contributed by atoms with Crippen molar-refractivity contribution in [2.24, 2.45) is 5.92 Å². The lowest BCUT2D eigenvalue weighted by molar-refractivity contribution is 0.484. The molecule has 1 heterocycles. The van der Waals surface area contributed by atoms with Crippen LogP contribution in [0.4, 0.5) is 5.69 Å². The third kappa shape index (κ3) is 3.79. The van der Waals surface area contributed by atoms with Gasteiger partial charge in [0.15, 0.2) is 0 Å². The molecule has 1 N–H and O–H groups in total. The van der Waals surface area contributed by atoms with Gasteiger partial charge in [-0.15, -0.1) is 0 Å². The van der Waals surface area contributed by atoms with Gasteiger partial charge in [0, 0.05) is 24.3 Å². The lowest BCUT2D eigenvalue weighted by atomic mass is 9.98. The summed E-state index contributed by atoms with van der Waals surface area (Å²) in [6.45, 7) is 11.6. The topological polar surface area (TPSA) is 15.3 Å². The Labute approximate surface area is 130 Å². The number of nitrogens with one attached hydrogen (secondary N) is 1. The molecule has 1 aromatic rings. The summed E-state index contributed by atoms with van der Waals surface area (Å²) in [7, 11) is 0. The highest BCUT2D eigenvalue weighted by Crippen LogP contribution is 2.35. The zero-order chi connectivity index (χ0) is 15.2. The Balaban J connectivity index is 2.27. The number of hydrogen-bond acceptors (Lipinski definition) is 2. The van der Waals surface area contributed by atoms with Crippen LogP contribution in [0.2, 0.25) is 0 Å².